The molecular weight excluding hydrogens is 346 g/mol. The van der Waals surface area contributed by atoms with E-state index in [0.717, 1.165) is 30.0 Å². The maximum absolute atomic E-state index is 13.0. The molecule has 2 aromatic heterocycles. The molecule has 3 heterocycles. The van der Waals surface area contributed by atoms with Gasteiger partial charge in [-0.05, 0) is 44.4 Å². The highest BCUT2D eigenvalue weighted by Crippen LogP contribution is 2.32. The predicted octanol–water partition coefficient (Wildman–Crippen LogP) is 3.69. The lowest BCUT2D eigenvalue weighted by Gasteiger charge is -2.33. The van der Waals surface area contributed by atoms with E-state index in [1.165, 1.54) is 0 Å². The minimum atomic E-state index is -0.203. The topological polar surface area (TPSA) is 93.4 Å². The van der Waals surface area contributed by atoms with Gasteiger partial charge in [0.2, 0.25) is 11.8 Å². The molecule has 8 heteroatoms. The quantitative estimate of drug-likeness (QED) is 0.759. The standard InChI is InChI=1S/C19H21N5O3/c1-12-21-18(27-23-12)16-8-3-4-11-24(16)19(25)22-15-7-5-6-14-13(15)9-10-20-17(14)26-2/h5-7,9-10,16H,3-4,8,11H2,1-2H3,(H,22,25). The lowest BCUT2D eigenvalue weighted by molar-refractivity contribution is 0.142. The summed E-state index contributed by atoms with van der Waals surface area (Å²) < 4.78 is 10.6. The van der Waals surface area contributed by atoms with E-state index >= 15 is 0 Å². The summed E-state index contributed by atoms with van der Waals surface area (Å²) in [6.45, 7) is 2.42. The third-order valence-electron chi connectivity index (χ3n) is 4.80. The molecule has 27 heavy (non-hydrogen) atoms. The Morgan fingerprint density at radius 2 is 2.19 bits per heavy atom. The highest BCUT2D eigenvalue weighted by molar-refractivity contribution is 6.03. The Balaban J connectivity index is 1.62. The second kappa shape index (κ2) is 7.22. The third kappa shape index (κ3) is 3.30. The largest absolute Gasteiger partial charge is 0.481 e. The monoisotopic (exact) mass is 367 g/mol. The van der Waals surface area contributed by atoms with Crippen molar-refractivity contribution < 1.29 is 14.1 Å². The van der Waals surface area contributed by atoms with Crippen LogP contribution in [0.1, 0.15) is 37.0 Å². The second-order valence-corrected chi connectivity index (χ2v) is 6.54. The number of anilines is 1. The van der Waals surface area contributed by atoms with Gasteiger partial charge in [-0.25, -0.2) is 9.78 Å². The minimum absolute atomic E-state index is 0.182. The molecule has 2 amide bonds. The molecule has 1 N–H and O–H groups in total. The number of amides is 2. The number of aryl methyl sites for hydroxylation is 1. The first-order chi connectivity index (χ1) is 13.2. The number of nitrogens with one attached hydrogen (secondary N) is 1. The zero-order valence-electron chi connectivity index (χ0n) is 15.3. The Morgan fingerprint density at radius 3 is 2.96 bits per heavy atom. The fourth-order valence-corrected chi connectivity index (χ4v) is 3.52. The van der Waals surface area contributed by atoms with Gasteiger partial charge >= 0.3 is 6.03 Å². The van der Waals surface area contributed by atoms with Crippen LogP contribution in [0.3, 0.4) is 0 Å². The van der Waals surface area contributed by atoms with Crippen molar-refractivity contribution in [1.29, 1.82) is 0 Å². The number of piperidine rings is 1. The van der Waals surface area contributed by atoms with Gasteiger partial charge in [0, 0.05) is 23.5 Å². The maximum Gasteiger partial charge on any atom is 0.322 e. The first kappa shape index (κ1) is 17.3. The van der Waals surface area contributed by atoms with Gasteiger partial charge in [-0.15, -0.1) is 0 Å². The van der Waals surface area contributed by atoms with E-state index in [1.54, 1.807) is 25.1 Å². The van der Waals surface area contributed by atoms with Crippen LogP contribution < -0.4 is 10.1 Å². The fraction of sp³-hybridized carbons (Fsp3) is 0.368. The molecule has 4 rings (SSSR count). The van der Waals surface area contributed by atoms with Crippen LogP contribution in [0.25, 0.3) is 10.8 Å². The zero-order valence-corrected chi connectivity index (χ0v) is 15.3. The third-order valence-corrected chi connectivity index (χ3v) is 4.80. The Morgan fingerprint density at radius 1 is 1.30 bits per heavy atom. The number of fused-ring (bicyclic) bond motifs is 1. The number of methoxy groups -OCH3 is 1. The average molecular weight is 367 g/mol. The predicted molar refractivity (Wildman–Crippen MR) is 99.6 cm³/mol. The Labute approximate surface area is 156 Å². The molecule has 1 aliphatic rings. The number of ether oxygens (including phenoxy) is 1. The van der Waals surface area contributed by atoms with Gasteiger partial charge in [0.25, 0.3) is 0 Å². The van der Waals surface area contributed by atoms with Crippen LogP contribution in [0.5, 0.6) is 5.88 Å². The highest BCUT2D eigenvalue weighted by atomic mass is 16.5. The molecular formula is C19H21N5O3. The molecule has 0 spiro atoms. The van der Waals surface area contributed by atoms with Crippen LogP contribution in [0.15, 0.2) is 35.0 Å². The molecule has 1 unspecified atom stereocenters. The van der Waals surface area contributed by atoms with Gasteiger partial charge in [0.1, 0.15) is 6.04 Å². The Kier molecular flexibility index (Phi) is 4.62. The molecule has 0 radical (unpaired) electrons. The van der Waals surface area contributed by atoms with Crippen LogP contribution in [-0.2, 0) is 0 Å². The van der Waals surface area contributed by atoms with Gasteiger partial charge in [-0.1, -0.05) is 11.2 Å². The molecule has 8 nitrogen and oxygen atoms in total. The summed E-state index contributed by atoms with van der Waals surface area (Å²) in [6.07, 6.45) is 4.45. The summed E-state index contributed by atoms with van der Waals surface area (Å²) in [4.78, 5) is 23.3. The van der Waals surface area contributed by atoms with Crippen molar-refractivity contribution in [2.45, 2.75) is 32.2 Å². The second-order valence-electron chi connectivity index (χ2n) is 6.54. The molecule has 1 aliphatic heterocycles. The molecule has 1 aromatic carbocycles. The molecule has 0 bridgehead atoms. The van der Waals surface area contributed by atoms with E-state index in [0.29, 0.717) is 29.8 Å². The molecule has 0 saturated carbocycles. The van der Waals surface area contributed by atoms with Crippen LogP contribution in [-0.4, -0.2) is 39.7 Å². The number of pyridine rings is 1. The number of hydrogen-bond acceptors (Lipinski definition) is 6. The van der Waals surface area contributed by atoms with E-state index in [9.17, 15) is 4.79 Å². The van der Waals surface area contributed by atoms with Crippen molar-refractivity contribution in [2.75, 3.05) is 19.0 Å². The van der Waals surface area contributed by atoms with E-state index in [2.05, 4.69) is 20.4 Å². The van der Waals surface area contributed by atoms with E-state index < -0.39 is 0 Å². The van der Waals surface area contributed by atoms with Crippen molar-refractivity contribution in [2.24, 2.45) is 0 Å². The van der Waals surface area contributed by atoms with Crippen LogP contribution in [0, 0.1) is 6.92 Å². The number of carbonyl (C=O) groups excluding carboxylic acids is 1. The van der Waals surface area contributed by atoms with Crippen molar-refractivity contribution in [3.8, 4) is 5.88 Å². The summed E-state index contributed by atoms with van der Waals surface area (Å²) in [5.74, 6) is 1.59. The SMILES string of the molecule is COc1nccc2c(NC(=O)N3CCCCC3c3nc(C)no3)cccc12. The summed E-state index contributed by atoms with van der Waals surface area (Å²) in [7, 11) is 1.58. The van der Waals surface area contributed by atoms with Crippen LogP contribution in [0.4, 0.5) is 10.5 Å². The van der Waals surface area contributed by atoms with Crippen molar-refractivity contribution in [3.05, 3.63) is 42.2 Å². The molecule has 1 fully saturated rings. The number of urea groups is 1. The number of hydrogen-bond donors (Lipinski definition) is 1. The van der Waals surface area contributed by atoms with Crippen LogP contribution in [0.2, 0.25) is 0 Å². The Bertz CT molecular complexity index is 971. The zero-order chi connectivity index (χ0) is 18.8. The summed E-state index contributed by atoms with van der Waals surface area (Å²) in [6, 6.07) is 7.14. The van der Waals surface area contributed by atoms with Gasteiger partial charge in [0.15, 0.2) is 5.82 Å². The number of nitrogens with zero attached hydrogens (tertiary/aromatic N) is 4. The highest BCUT2D eigenvalue weighted by Gasteiger charge is 2.32. The number of rotatable bonds is 3. The van der Waals surface area contributed by atoms with Gasteiger partial charge in [-0.3, -0.25) is 0 Å². The van der Waals surface area contributed by atoms with Crippen LogP contribution >= 0.6 is 0 Å². The van der Waals surface area contributed by atoms with Gasteiger partial charge in [-0.2, -0.15) is 4.98 Å². The van der Waals surface area contributed by atoms with E-state index in [4.69, 9.17) is 9.26 Å². The average Bonchev–Trinajstić information content (AvgIpc) is 3.14. The van der Waals surface area contributed by atoms with E-state index in [1.807, 2.05) is 24.3 Å². The minimum Gasteiger partial charge on any atom is -0.481 e. The van der Waals surface area contributed by atoms with Gasteiger partial charge in [0.05, 0.1) is 12.8 Å². The fourth-order valence-electron chi connectivity index (χ4n) is 3.52. The lowest BCUT2D eigenvalue weighted by atomic mass is 10.0. The first-order valence-electron chi connectivity index (χ1n) is 8.97. The number of benzene rings is 1. The number of aromatic nitrogens is 3. The smallest absolute Gasteiger partial charge is 0.322 e. The normalized spacial score (nSPS) is 17.1. The summed E-state index contributed by atoms with van der Waals surface area (Å²) in [5.41, 5.74) is 0.712. The van der Waals surface area contributed by atoms with Crippen molar-refractivity contribution in [3.63, 3.8) is 0 Å². The maximum atomic E-state index is 13.0. The molecule has 3 aromatic rings. The van der Waals surface area contributed by atoms with Crippen molar-refractivity contribution >= 4 is 22.5 Å². The van der Waals surface area contributed by atoms with Crippen molar-refractivity contribution in [1.82, 2.24) is 20.0 Å². The molecule has 140 valence electrons. The Hall–Kier alpha value is -3.16. The molecule has 0 aliphatic carbocycles. The number of carbonyl (C=O) groups is 1. The summed E-state index contributed by atoms with van der Waals surface area (Å²) in [5, 5.41) is 8.61. The molecule has 1 atom stereocenters. The van der Waals surface area contributed by atoms with Gasteiger partial charge < -0.3 is 19.5 Å². The lowest BCUT2D eigenvalue weighted by Crippen LogP contribution is -2.41. The molecule has 1 saturated heterocycles. The number of likely N-dealkylation sites (tertiary alicyclic amines) is 1. The first-order valence-corrected chi connectivity index (χ1v) is 8.97. The summed E-state index contributed by atoms with van der Waals surface area (Å²) >= 11 is 0. The van der Waals surface area contributed by atoms with E-state index in [-0.39, 0.29) is 12.1 Å².